The first-order chi connectivity index (χ1) is 2.56. The van der Waals surface area contributed by atoms with Crippen LogP contribution >= 0.6 is 0 Å². The molecule has 0 spiro atoms. The van der Waals surface area contributed by atoms with E-state index in [0.717, 1.165) is 0 Å². The van der Waals surface area contributed by atoms with Crippen molar-refractivity contribution in [2.24, 2.45) is 0 Å². The first-order valence-electron chi connectivity index (χ1n) is 1.47. The van der Waals surface area contributed by atoms with Gasteiger partial charge in [0.25, 0.3) is 0 Å². The van der Waals surface area contributed by atoms with Crippen LogP contribution in [0.15, 0.2) is 0 Å². The molecular formula is C5H6O. The molecule has 0 unspecified atom stereocenters. The SMILES string of the molecule is C#CC([CH2])([CH2])O. The fraction of sp³-hybridized carbons (Fsp3) is 0.200. The largest absolute Gasteiger partial charge is 0.378 e. The third-order valence-corrected chi connectivity index (χ3v) is 0.269. The molecule has 0 aliphatic carbocycles. The van der Waals surface area contributed by atoms with Gasteiger partial charge in [0, 0.05) is 0 Å². The van der Waals surface area contributed by atoms with Gasteiger partial charge in [-0.15, -0.1) is 6.42 Å². The van der Waals surface area contributed by atoms with Crippen molar-refractivity contribution < 1.29 is 5.11 Å². The zero-order chi connectivity index (χ0) is 5.21. The zero-order valence-corrected chi connectivity index (χ0v) is 3.44. The van der Waals surface area contributed by atoms with E-state index in [4.69, 9.17) is 5.11 Å². The van der Waals surface area contributed by atoms with Crippen LogP contribution in [-0.2, 0) is 0 Å². The molecule has 0 heterocycles. The highest BCUT2D eigenvalue weighted by Crippen LogP contribution is 1.92. The molecule has 0 saturated heterocycles. The molecule has 2 radical (unpaired) electrons. The van der Waals surface area contributed by atoms with Crippen molar-refractivity contribution in [3.63, 3.8) is 0 Å². The maximum atomic E-state index is 8.37. The highest BCUT2D eigenvalue weighted by Gasteiger charge is 2.03. The summed E-state index contributed by atoms with van der Waals surface area (Å²) in [6, 6.07) is 0. The average molecular weight is 82.1 g/mol. The fourth-order valence-electron chi connectivity index (χ4n) is 0. The van der Waals surface area contributed by atoms with E-state index >= 15 is 0 Å². The Balaban J connectivity index is 3.55. The predicted molar refractivity (Wildman–Crippen MR) is 24.5 cm³/mol. The van der Waals surface area contributed by atoms with Gasteiger partial charge in [-0.25, -0.2) is 0 Å². The second kappa shape index (κ2) is 1.32. The molecule has 1 heteroatoms. The van der Waals surface area contributed by atoms with Crippen LogP contribution in [0.4, 0.5) is 0 Å². The van der Waals surface area contributed by atoms with Gasteiger partial charge in [0.2, 0.25) is 0 Å². The van der Waals surface area contributed by atoms with Crippen LogP contribution < -0.4 is 0 Å². The van der Waals surface area contributed by atoms with Crippen molar-refractivity contribution >= 4 is 0 Å². The van der Waals surface area contributed by atoms with Crippen molar-refractivity contribution in [3.8, 4) is 12.3 Å². The maximum absolute atomic E-state index is 8.37. The molecule has 0 amide bonds. The standard InChI is InChI=1S/C5H6O/c1-4-5(2,3)6/h1,6H,2-3H2. The quantitative estimate of drug-likeness (QED) is 0.408. The van der Waals surface area contributed by atoms with Crippen LogP contribution in [0.25, 0.3) is 0 Å². The monoisotopic (exact) mass is 82.0 g/mol. The molecule has 32 valence electrons. The van der Waals surface area contributed by atoms with Gasteiger partial charge >= 0.3 is 0 Å². The summed E-state index contributed by atoms with van der Waals surface area (Å²) in [5.41, 5.74) is -1.43. The Morgan fingerprint density at radius 2 is 1.83 bits per heavy atom. The summed E-state index contributed by atoms with van der Waals surface area (Å²) in [5.74, 6) is 1.94. The van der Waals surface area contributed by atoms with E-state index < -0.39 is 5.60 Å². The topological polar surface area (TPSA) is 20.2 Å². The van der Waals surface area contributed by atoms with Gasteiger partial charge in [-0.2, -0.15) is 0 Å². The van der Waals surface area contributed by atoms with Gasteiger partial charge < -0.3 is 5.11 Å². The van der Waals surface area contributed by atoms with Crippen LogP contribution in [0.2, 0.25) is 0 Å². The number of aliphatic hydroxyl groups is 1. The van der Waals surface area contributed by atoms with E-state index in [0.29, 0.717) is 0 Å². The number of rotatable bonds is 0. The number of hydrogen-bond donors (Lipinski definition) is 1. The lowest BCUT2D eigenvalue weighted by molar-refractivity contribution is 0.199. The second-order valence-electron chi connectivity index (χ2n) is 1.18. The summed E-state index contributed by atoms with van der Waals surface area (Å²) in [7, 11) is 0. The Morgan fingerprint density at radius 1 is 1.67 bits per heavy atom. The summed E-state index contributed by atoms with van der Waals surface area (Å²) in [5, 5.41) is 8.37. The zero-order valence-electron chi connectivity index (χ0n) is 3.44. The summed E-state index contributed by atoms with van der Waals surface area (Å²) < 4.78 is 0. The molecule has 1 nitrogen and oxygen atoms in total. The Morgan fingerprint density at radius 3 is 1.83 bits per heavy atom. The van der Waals surface area contributed by atoms with Gasteiger partial charge in [0.05, 0.1) is 0 Å². The highest BCUT2D eigenvalue weighted by atomic mass is 16.3. The summed E-state index contributed by atoms with van der Waals surface area (Å²) >= 11 is 0. The molecule has 0 aliphatic rings. The molecule has 0 aromatic heterocycles. The third kappa shape index (κ3) is 3.52. The van der Waals surface area contributed by atoms with Crippen molar-refractivity contribution in [1.29, 1.82) is 0 Å². The lowest BCUT2D eigenvalue weighted by Gasteiger charge is -2.03. The van der Waals surface area contributed by atoms with E-state index in [1.807, 2.05) is 5.92 Å². The molecule has 0 bridgehead atoms. The van der Waals surface area contributed by atoms with Crippen LogP contribution in [0.5, 0.6) is 0 Å². The van der Waals surface area contributed by atoms with Crippen molar-refractivity contribution in [1.82, 2.24) is 0 Å². The summed E-state index contributed by atoms with van der Waals surface area (Å²) in [6.45, 7) is 6.19. The second-order valence-corrected chi connectivity index (χ2v) is 1.18. The Labute approximate surface area is 38.0 Å². The van der Waals surface area contributed by atoms with E-state index in [-0.39, 0.29) is 0 Å². The molecule has 0 aromatic carbocycles. The predicted octanol–water partition coefficient (Wildman–Crippen LogP) is 0.0189. The molecule has 0 aromatic rings. The normalized spacial score (nSPS) is 10.3. The third-order valence-electron chi connectivity index (χ3n) is 0.269. The lowest BCUT2D eigenvalue weighted by Crippen LogP contribution is -2.14. The van der Waals surface area contributed by atoms with Crippen LogP contribution in [-0.4, -0.2) is 10.7 Å². The molecule has 0 aliphatic heterocycles. The summed E-state index contributed by atoms with van der Waals surface area (Å²) in [4.78, 5) is 0. The van der Waals surface area contributed by atoms with E-state index in [9.17, 15) is 0 Å². The number of hydrogen-bond acceptors (Lipinski definition) is 1. The van der Waals surface area contributed by atoms with Crippen molar-refractivity contribution in [2.45, 2.75) is 5.60 Å². The molecule has 0 saturated carbocycles. The average Bonchev–Trinajstić information content (AvgIpc) is 1.35. The Hall–Kier alpha value is -0.480. The molecule has 1 N–H and O–H groups in total. The number of terminal acetylenes is 1. The van der Waals surface area contributed by atoms with Crippen molar-refractivity contribution in [3.05, 3.63) is 13.8 Å². The minimum atomic E-state index is -1.43. The molecule has 6 heavy (non-hydrogen) atoms. The molecule has 0 fully saturated rings. The highest BCUT2D eigenvalue weighted by molar-refractivity contribution is 5.11. The van der Waals surface area contributed by atoms with E-state index in [2.05, 4.69) is 20.3 Å². The molecule has 0 rings (SSSR count). The molecule has 0 atom stereocenters. The summed E-state index contributed by atoms with van der Waals surface area (Å²) in [6.07, 6.45) is 4.68. The smallest absolute Gasteiger partial charge is 0.125 e. The van der Waals surface area contributed by atoms with Gasteiger partial charge in [0.15, 0.2) is 0 Å². The minimum Gasteiger partial charge on any atom is -0.378 e. The van der Waals surface area contributed by atoms with Crippen LogP contribution in [0, 0.1) is 26.2 Å². The van der Waals surface area contributed by atoms with E-state index in [1.54, 1.807) is 0 Å². The Bertz CT molecular complexity index is 70.9. The fourth-order valence-corrected chi connectivity index (χ4v) is 0. The van der Waals surface area contributed by atoms with Gasteiger partial charge in [0.1, 0.15) is 5.60 Å². The van der Waals surface area contributed by atoms with Crippen molar-refractivity contribution in [2.75, 3.05) is 0 Å². The van der Waals surface area contributed by atoms with E-state index in [1.165, 1.54) is 0 Å². The van der Waals surface area contributed by atoms with Crippen LogP contribution in [0.3, 0.4) is 0 Å². The minimum absolute atomic E-state index is 1.43. The van der Waals surface area contributed by atoms with Gasteiger partial charge in [-0.05, 0) is 13.8 Å². The maximum Gasteiger partial charge on any atom is 0.125 e. The van der Waals surface area contributed by atoms with Gasteiger partial charge in [-0.1, -0.05) is 5.92 Å². The first kappa shape index (κ1) is 5.52. The van der Waals surface area contributed by atoms with Crippen LogP contribution in [0.1, 0.15) is 0 Å². The Kier molecular flexibility index (Phi) is 1.21. The molecular weight excluding hydrogens is 76.1 g/mol. The first-order valence-corrected chi connectivity index (χ1v) is 1.47. The van der Waals surface area contributed by atoms with Gasteiger partial charge in [-0.3, -0.25) is 0 Å². The lowest BCUT2D eigenvalue weighted by atomic mass is 10.2.